The molecule has 0 atom stereocenters. The van der Waals surface area contributed by atoms with Crippen LogP contribution in [0, 0.1) is 9.81 Å². The molecule has 0 rings (SSSR count). The molecule has 0 heterocycles. The number of carbonyl (C=O) groups is 5. The lowest BCUT2D eigenvalue weighted by molar-refractivity contribution is -0.140. The molecule has 29 heavy (non-hydrogen) atoms. The van der Waals surface area contributed by atoms with Crippen molar-refractivity contribution >= 4 is 29.7 Å². The van der Waals surface area contributed by atoms with E-state index in [9.17, 15) is 33.8 Å². The monoisotopic (exact) mass is 419 g/mol. The van der Waals surface area contributed by atoms with Crippen molar-refractivity contribution in [3.8, 4) is 0 Å². The zero-order valence-electron chi connectivity index (χ0n) is 15.3. The fraction of sp³-hybridized carbons (Fsp3) is 0.643. The Morgan fingerprint density at radius 3 is 1.07 bits per heavy atom. The number of carbonyl (C=O) groups excluding carboxylic acids is 2. The van der Waals surface area contributed by atoms with E-state index < -0.39 is 62.4 Å². The van der Waals surface area contributed by atoms with Crippen molar-refractivity contribution in [3.05, 3.63) is 9.81 Å². The Bertz CT molecular complexity index is 594. The topological polar surface area (TPSA) is 215 Å². The summed E-state index contributed by atoms with van der Waals surface area (Å²) >= 11 is 0. The van der Waals surface area contributed by atoms with Gasteiger partial charge in [-0.3, -0.25) is 38.7 Å². The summed E-state index contributed by atoms with van der Waals surface area (Å²) in [5.74, 6) is -5.97. The van der Waals surface area contributed by atoms with Crippen LogP contribution in [0.25, 0.3) is 0 Å². The minimum atomic E-state index is -1.28. The Labute approximate surface area is 163 Å². The predicted molar refractivity (Wildman–Crippen MR) is 93.8 cm³/mol. The van der Waals surface area contributed by atoms with E-state index >= 15 is 0 Å². The van der Waals surface area contributed by atoms with Crippen molar-refractivity contribution in [1.29, 1.82) is 0 Å². The van der Waals surface area contributed by atoms with Gasteiger partial charge >= 0.3 is 17.9 Å². The third-order valence-electron chi connectivity index (χ3n) is 3.46. The van der Waals surface area contributed by atoms with Crippen molar-refractivity contribution in [1.82, 2.24) is 14.7 Å². The van der Waals surface area contributed by atoms with E-state index in [0.717, 1.165) is 9.80 Å². The quantitative estimate of drug-likeness (QED) is 0.225. The molecule has 162 valence electrons. The summed E-state index contributed by atoms with van der Waals surface area (Å²) in [6.45, 7) is -3.12. The first-order valence-electron chi connectivity index (χ1n) is 8.12. The minimum Gasteiger partial charge on any atom is -0.480 e. The number of rotatable bonds is 16. The summed E-state index contributed by atoms with van der Waals surface area (Å²) in [5.41, 5.74) is 0. The van der Waals surface area contributed by atoms with Crippen LogP contribution >= 0.6 is 0 Å². The molecular formula is C14H21N5O10. The average molecular weight is 419 g/mol. The van der Waals surface area contributed by atoms with E-state index in [1.165, 1.54) is 4.90 Å². The highest BCUT2D eigenvalue weighted by Gasteiger charge is 2.19. The lowest BCUT2D eigenvalue weighted by atomic mass is 10.3. The van der Waals surface area contributed by atoms with E-state index in [2.05, 4.69) is 10.4 Å². The van der Waals surface area contributed by atoms with Crippen molar-refractivity contribution in [2.24, 2.45) is 10.4 Å². The molecule has 0 aromatic heterocycles. The summed E-state index contributed by atoms with van der Waals surface area (Å²) in [7, 11) is 0. The molecule has 0 aliphatic rings. The third kappa shape index (κ3) is 13.6. The van der Waals surface area contributed by atoms with Gasteiger partial charge in [0.1, 0.15) is 0 Å². The molecular weight excluding hydrogens is 398 g/mol. The highest BCUT2D eigenvalue weighted by atomic mass is 16.4. The molecule has 2 amide bonds. The maximum atomic E-state index is 11.1. The van der Waals surface area contributed by atoms with Crippen LogP contribution in [0.2, 0.25) is 0 Å². The molecule has 15 nitrogen and oxygen atoms in total. The van der Waals surface area contributed by atoms with Crippen LogP contribution in [0.5, 0.6) is 0 Å². The Balaban J connectivity index is 4.99. The van der Waals surface area contributed by atoms with Gasteiger partial charge in [-0.05, 0) is 0 Å². The van der Waals surface area contributed by atoms with Crippen molar-refractivity contribution in [2.75, 3.05) is 58.9 Å². The molecule has 0 fully saturated rings. The molecule has 0 radical (unpaired) electrons. The average Bonchev–Trinajstić information content (AvgIpc) is 2.61. The van der Waals surface area contributed by atoms with Crippen LogP contribution in [-0.2, 0) is 24.0 Å². The van der Waals surface area contributed by atoms with Gasteiger partial charge in [-0.2, -0.15) is 0 Å². The number of nitrogens with zero attached hydrogens (tertiary/aromatic N) is 5. The molecule has 0 saturated carbocycles. The summed E-state index contributed by atoms with van der Waals surface area (Å²) < 4.78 is 0. The van der Waals surface area contributed by atoms with Gasteiger partial charge in [-0.15, -0.1) is 9.81 Å². The highest BCUT2D eigenvalue weighted by Crippen LogP contribution is 1.98. The maximum Gasteiger partial charge on any atom is 0.317 e. The fourth-order valence-electron chi connectivity index (χ4n) is 2.28. The first-order chi connectivity index (χ1) is 13.6. The van der Waals surface area contributed by atoms with Crippen LogP contribution < -0.4 is 0 Å². The van der Waals surface area contributed by atoms with Gasteiger partial charge in [-0.1, -0.05) is 0 Å². The van der Waals surface area contributed by atoms with Crippen molar-refractivity contribution in [2.45, 2.75) is 0 Å². The maximum absolute atomic E-state index is 11.1. The largest absolute Gasteiger partial charge is 0.480 e. The smallest absolute Gasteiger partial charge is 0.317 e. The lowest BCUT2D eigenvalue weighted by Gasteiger charge is -2.27. The second-order valence-electron chi connectivity index (χ2n) is 5.85. The second kappa shape index (κ2) is 13.9. The van der Waals surface area contributed by atoms with Crippen LogP contribution in [0.1, 0.15) is 0 Å². The first kappa shape index (κ1) is 25.8. The Hall–Kier alpha value is -3.17. The Morgan fingerprint density at radius 2 is 0.793 bits per heavy atom. The van der Waals surface area contributed by atoms with Gasteiger partial charge < -0.3 is 15.3 Å². The van der Waals surface area contributed by atoms with E-state index in [1.807, 2.05) is 0 Å². The summed E-state index contributed by atoms with van der Waals surface area (Å²) in [6, 6.07) is 0. The SMILES string of the molecule is O=NC(=O)CN(CCN(CCN(CC(=O)O)CC(=O)N=O)CC(=O)O)CC(=O)O. The molecule has 0 unspecified atom stereocenters. The van der Waals surface area contributed by atoms with Crippen molar-refractivity contribution < 1.29 is 39.3 Å². The van der Waals surface area contributed by atoms with Gasteiger partial charge in [0.2, 0.25) is 0 Å². The van der Waals surface area contributed by atoms with Gasteiger partial charge in [0.15, 0.2) is 0 Å². The van der Waals surface area contributed by atoms with Crippen LogP contribution in [0.15, 0.2) is 10.4 Å². The zero-order chi connectivity index (χ0) is 22.4. The number of hydrogen-bond donors (Lipinski definition) is 3. The van der Waals surface area contributed by atoms with Gasteiger partial charge in [0, 0.05) is 36.5 Å². The summed E-state index contributed by atoms with van der Waals surface area (Å²) in [6.07, 6.45) is 0. The summed E-state index contributed by atoms with van der Waals surface area (Å²) in [4.78, 5) is 78.9. The molecule has 0 bridgehead atoms. The second-order valence-corrected chi connectivity index (χ2v) is 5.85. The minimum absolute atomic E-state index is 0.0491. The van der Waals surface area contributed by atoms with Crippen LogP contribution in [-0.4, -0.2) is 119 Å². The van der Waals surface area contributed by atoms with Gasteiger partial charge in [0.25, 0.3) is 11.8 Å². The molecule has 15 heteroatoms. The van der Waals surface area contributed by atoms with E-state index in [4.69, 9.17) is 15.3 Å². The first-order valence-corrected chi connectivity index (χ1v) is 8.12. The molecule has 0 aromatic rings. The predicted octanol–water partition coefficient (Wildman–Crippen LogP) is -2.27. The van der Waals surface area contributed by atoms with Crippen LogP contribution in [0.3, 0.4) is 0 Å². The standard InChI is InChI=1S/C14H21N5O10/c20-10(15-28)5-18(8-13(24)25)3-1-17(7-12(22)23)2-4-19(9-14(26)27)6-11(21)16-29/h1-9H2,(H,22,23)(H,24,25)(H,26,27). The van der Waals surface area contributed by atoms with E-state index in [1.54, 1.807) is 0 Å². The van der Waals surface area contributed by atoms with Gasteiger partial charge in [-0.25, -0.2) is 0 Å². The number of amides is 2. The molecule has 0 spiro atoms. The van der Waals surface area contributed by atoms with Crippen molar-refractivity contribution in [3.63, 3.8) is 0 Å². The van der Waals surface area contributed by atoms with E-state index in [-0.39, 0.29) is 26.2 Å². The summed E-state index contributed by atoms with van der Waals surface area (Å²) in [5, 5.41) is 31.0. The molecule has 0 aliphatic carbocycles. The highest BCUT2D eigenvalue weighted by molar-refractivity contribution is 5.80. The van der Waals surface area contributed by atoms with E-state index in [0.29, 0.717) is 0 Å². The lowest BCUT2D eigenvalue weighted by Crippen LogP contribution is -2.45. The van der Waals surface area contributed by atoms with Crippen LogP contribution in [0.4, 0.5) is 0 Å². The number of carboxylic acids is 3. The number of nitroso groups, excluding NO2 is 2. The molecule has 0 aromatic carbocycles. The molecule has 0 saturated heterocycles. The number of hydrogen-bond acceptors (Lipinski definition) is 10. The number of aliphatic carboxylic acids is 3. The number of carboxylic acid groups (broad SMARTS) is 3. The zero-order valence-corrected chi connectivity index (χ0v) is 15.3. The van der Waals surface area contributed by atoms with Gasteiger partial charge in [0.05, 0.1) is 32.7 Å². The Morgan fingerprint density at radius 1 is 0.517 bits per heavy atom. The normalized spacial score (nSPS) is 10.9. The molecule has 0 aliphatic heterocycles. The fourth-order valence-corrected chi connectivity index (χ4v) is 2.28. The Kier molecular flexibility index (Phi) is 12.4. The molecule has 3 N–H and O–H groups in total. The third-order valence-corrected chi connectivity index (χ3v) is 3.46.